The van der Waals surface area contributed by atoms with Gasteiger partial charge in [-0.05, 0) is 89.5 Å². The van der Waals surface area contributed by atoms with Crippen LogP contribution in [0.15, 0.2) is 188 Å². The van der Waals surface area contributed by atoms with E-state index < -0.39 is 0 Å². The Morgan fingerprint density at radius 2 is 0.862 bits per heavy atom. The molecule has 1 aliphatic rings. The summed E-state index contributed by atoms with van der Waals surface area (Å²) >= 11 is 0. The van der Waals surface area contributed by atoms with Crippen molar-refractivity contribution in [2.75, 3.05) is 0 Å². The van der Waals surface area contributed by atoms with E-state index in [1.54, 1.807) is 6.33 Å². The standard InChI is InChI=1S/C53H33N5/c1-2-13-36(14-3-1)56-46-19-9-7-18-41(46)44-31-37(24-27-50(44)56)57-47-20-10-6-16-39(47)42-28-33(22-25-49(42)57)34-23-26-51-43(29-34)40-17-8-11-21-48(40)58(51)53-45-30-35-12-4-5-15-38(35)52(45)54-32-55-53/h1-29,31-32H,30H2. The first-order chi connectivity index (χ1) is 28.8. The van der Waals surface area contributed by atoms with Gasteiger partial charge in [-0.15, -0.1) is 0 Å². The fourth-order valence-corrected chi connectivity index (χ4v) is 9.85. The minimum atomic E-state index is 0.826. The van der Waals surface area contributed by atoms with Crippen molar-refractivity contribution < 1.29 is 0 Å². The van der Waals surface area contributed by atoms with Gasteiger partial charge in [0.2, 0.25) is 0 Å². The molecule has 0 saturated carbocycles. The molecule has 4 heterocycles. The van der Waals surface area contributed by atoms with E-state index in [-0.39, 0.29) is 0 Å². The lowest BCUT2D eigenvalue weighted by molar-refractivity contribution is 1.00. The Labute approximate surface area is 333 Å². The molecule has 0 N–H and O–H groups in total. The summed E-state index contributed by atoms with van der Waals surface area (Å²) in [7, 11) is 0. The second-order valence-corrected chi connectivity index (χ2v) is 15.4. The summed E-state index contributed by atoms with van der Waals surface area (Å²) in [5, 5.41) is 7.38. The molecule has 4 aromatic heterocycles. The second kappa shape index (κ2) is 11.9. The molecular formula is C53H33N5. The number of rotatable bonds is 4. The smallest absolute Gasteiger partial charge is 0.145 e. The van der Waals surface area contributed by atoms with Gasteiger partial charge in [0.15, 0.2) is 0 Å². The van der Waals surface area contributed by atoms with Crippen LogP contribution in [-0.4, -0.2) is 23.7 Å². The van der Waals surface area contributed by atoms with Gasteiger partial charge in [-0.3, -0.25) is 4.57 Å². The maximum Gasteiger partial charge on any atom is 0.145 e. The van der Waals surface area contributed by atoms with Crippen LogP contribution < -0.4 is 0 Å². The summed E-state index contributed by atoms with van der Waals surface area (Å²) in [6.07, 6.45) is 2.55. The largest absolute Gasteiger partial charge is 0.309 e. The summed E-state index contributed by atoms with van der Waals surface area (Å²) < 4.78 is 7.14. The Morgan fingerprint density at radius 3 is 1.53 bits per heavy atom. The second-order valence-electron chi connectivity index (χ2n) is 15.4. The molecule has 0 unspecified atom stereocenters. The van der Waals surface area contributed by atoms with Crippen molar-refractivity contribution in [2.24, 2.45) is 0 Å². The van der Waals surface area contributed by atoms with Crippen molar-refractivity contribution in [2.45, 2.75) is 6.42 Å². The Kier molecular flexibility index (Phi) is 6.44. The zero-order valence-electron chi connectivity index (χ0n) is 31.3. The van der Waals surface area contributed by atoms with Gasteiger partial charge in [0.05, 0.1) is 38.8 Å². The lowest BCUT2D eigenvalue weighted by atomic mass is 10.0. The van der Waals surface area contributed by atoms with Gasteiger partial charge < -0.3 is 9.13 Å². The average Bonchev–Trinajstić information content (AvgIpc) is 4.02. The number of hydrogen-bond acceptors (Lipinski definition) is 2. The first-order valence-corrected chi connectivity index (χ1v) is 19.9. The first-order valence-electron chi connectivity index (χ1n) is 19.9. The van der Waals surface area contributed by atoms with Crippen LogP contribution in [0.3, 0.4) is 0 Å². The first kappa shape index (κ1) is 31.4. The summed E-state index contributed by atoms with van der Waals surface area (Å²) in [6.45, 7) is 0. The Balaban J connectivity index is 0.972. The maximum atomic E-state index is 4.94. The molecule has 0 fully saturated rings. The van der Waals surface area contributed by atoms with E-state index >= 15 is 0 Å². The van der Waals surface area contributed by atoms with Gasteiger partial charge in [0, 0.05) is 61.2 Å². The SMILES string of the molecule is c1ccc(-n2c3ccccc3c3cc(-n4c5ccccc5c5cc(-c6ccc7c(c6)c6ccccc6n7-c6ncnc7c6Cc6ccccc6-7)ccc54)ccc32)cc1. The van der Waals surface area contributed by atoms with Gasteiger partial charge in [-0.1, -0.05) is 109 Å². The highest BCUT2D eigenvalue weighted by atomic mass is 15.1. The van der Waals surface area contributed by atoms with Crippen molar-refractivity contribution >= 4 is 65.4 Å². The van der Waals surface area contributed by atoms with E-state index in [1.165, 1.54) is 82.2 Å². The van der Waals surface area contributed by atoms with Crippen molar-refractivity contribution in [3.05, 3.63) is 199 Å². The molecule has 12 aromatic rings. The zero-order chi connectivity index (χ0) is 37.9. The van der Waals surface area contributed by atoms with Crippen LogP contribution in [0.1, 0.15) is 11.1 Å². The fraction of sp³-hybridized carbons (Fsp3) is 0.0189. The van der Waals surface area contributed by atoms with Gasteiger partial charge in [-0.2, -0.15) is 0 Å². The highest BCUT2D eigenvalue weighted by Crippen LogP contribution is 2.42. The van der Waals surface area contributed by atoms with Gasteiger partial charge in [0.25, 0.3) is 0 Å². The predicted octanol–water partition coefficient (Wildman–Crippen LogP) is 13.0. The van der Waals surface area contributed by atoms with E-state index in [4.69, 9.17) is 9.97 Å². The Hall–Kier alpha value is -7.76. The molecule has 8 aromatic carbocycles. The van der Waals surface area contributed by atoms with E-state index in [1.807, 2.05) is 0 Å². The van der Waals surface area contributed by atoms with Crippen LogP contribution in [-0.2, 0) is 6.42 Å². The van der Waals surface area contributed by atoms with E-state index in [0.717, 1.165) is 40.3 Å². The number of fused-ring (bicyclic) bond motifs is 12. The van der Waals surface area contributed by atoms with Crippen LogP contribution >= 0.6 is 0 Å². The predicted molar refractivity (Wildman–Crippen MR) is 239 cm³/mol. The van der Waals surface area contributed by atoms with E-state index in [2.05, 4.69) is 196 Å². The average molecular weight is 740 g/mol. The van der Waals surface area contributed by atoms with Crippen molar-refractivity contribution in [1.82, 2.24) is 23.7 Å². The summed E-state index contributed by atoms with van der Waals surface area (Å²) in [4.78, 5) is 9.71. The normalized spacial score (nSPS) is 12.4. The molecule has 0 saturated heterocycles. The summed E-state index contributed by atoms with van der Waals surface area (Å²) in [5.74, 6) is 0.956. The van der Waals surface area contributed by atoms with Crippen LogP contribution in [0.25, 0.3) is 105 Å². The third-order valence-corrected chi connectivity index (χ3v) is 12.4. The van der Waals surface area contributed by atoms with Crippen molar-refractivity contribution in [3.8, 4) is 39.6 Å². The summed E-state index contributed by atoms with van der Waals surface area (Å²) in [5.41, 5.74) is 16.5. The lowest BCUT2D eigenvalue weighted by Gasteiger charge is -2.12. The van der Waals surface area contributed by atoms with Crippen molar-refractivity contribution in [3.63, 3.8) is 0 Å². The highest BCUT2D eigenvalue weighted by molar-refractivity contribution is 6.14. The molecule has 5 heteroatoms. The third kappa shape index (κ3) is 4.35. The van der Waals surface area contributed by atoms with Crippen LogP contribution in [0.4, 0.5) is 0 Å². The van der Waals surface area contributed by atoms with Crippen LogP contribution in [0.2, 0.25) is 0 Å². The van der Waals surface area contributed by atoms with Gasteiger partial charge in [-0.25, -0.2) is 9.97 Å². The highest BCUT2D eigenvalue weighted by Gasteiger charge is 2.26. The molecule has 0 bridgehead atoms. The maximum absolute atomic E-state index is 4.94. The fourth-order valence-electron chi connectivity index (χ4n) is 9.85. The molecule has 0 radical (unpaired) electrons. The molecule has 270 valence electrons. The van der Waals surface area contributed by atoms with E-state index in [9.17, 15) is 0 Å². The molecule has 0 aliphatic heterocycles. The monoisotopic (exact) mass is 739 g/mol. The number of para-hydroxylation sites is 4. The Morgan fingerprint density at radius 1 is 0.362 bits per heavy atom. The lowest BCUT2D eigenvalue weighted by Crippen LogP contribution is -2.03. The van der Waals surface area contributed by atoms with Crippen molar-refractivity contribution in [1.29, 1.82) is 0 Å². The topological polar surface area (TPSA) is 40.6 Å². The van der Waals surface area contributed by atoms with E-state index in [0.29, 0.717) is 0 Å². The minimum absolute atomic E-state index is 0.826. The zero-order valence-corrected chi connectivity index (χ0v) is 31.3. The molecule has 0 amide bonds. The Bertz CT molecular complexity index is 3660. The summed E-state index contributed by atoms with van der Waals surface area (Å²) in [6, 6.07) is 66.3. The molecule has 13 rings (SSSR count). The molecule has 5 nitrogen and oxygen atoms in total. The molecule has 1 aliphatic carbocycles. The molecule has 0 atom stereocenters. The number of benzene rings is 8. The number of nitrogens with zero attached hydrogens (tertiary/aromatic N) is 5. The molecule has 0 spiro atoms. The van der Waals surface area contributed by atoms with Gasteiger partial charge >= 0.3 is 0 Å². The van der Waals surface area contributed by atoms with Crippen LogP contribution in [0.5, 0.6) is 0 Å². The third-order valence-electron chi connectivity index (χ3n) is 12.4. The molecular weight excluding hydrogens is 707 g/mol. The molecule has 58 heavy (non-hydrogen) atoms. The minimum Gasteiger partial charge on any atom is -0.309 e. The van der Waals surface area contributed by atoms with Gasteiger partial charge in [0.1, 0.15) is 12.1 Å². The quantitative estimate of drug-likeness (QED) is 0.180. The van der Waals surface area contributed by atoms with Crippen LogP contribution in [0, 0.1) is 0 Å². The number of aromatic nitrogens is 5. The number of hydrogen-bond donors (Lipinski definition) is 0.